The molecule has 0 bridgehead atoms. The highest BCUT2D eigenvalue weighted by molar-refractivity contribution is 5.18. The molecule has 1 aromatic rings. The minimum absolute atomic E-state index is 0.0754. The first kappa shape index (κ1) is 9.52. The van der Waals surface area contributed by atoms with Crippen molar-refractivity contribution in [1.29, 1.82) is 0 Å². The number of pyridine rings is 1. The molecule has 0 unspecified atom stereocenters. The van der Waals surface area contributed by atoms with Crippen LogP contribution in [0.3, 0.4) is 0 Å². The van der Waals surface area contributed by atoms with E-state index in [1.165, 1.54) is 0 Å². The van der Waals surface area contributed by atoms with Crippen molar-refractivity contribution in [2.45, 2.75) is 31.2 Å². The molecule has 0 spiro atoms. The molecule has 0 radical (unpaired) electrons. The summed E-state index contributed by atoms with van der Waals surface area (Å²) in [5.74, 6) is -2.57. The summed E-state index contributed by atoms with van der Waals surface area (Å²) in [6.07, 6.45) is -0.151. The van der Waals surface area contributed by atoms with Crippen LogP contribution < -0.4 is 5.73 Å². The molecule has 2 N–H and O–H groups in total. The fraction of sp³-hybridized carbons (Fsp3) is 0.500. The summed E-state index contributed by atoms with van der Waals surface area (Å²) in [4.78, 5) is 4.22. The highest BCUT2D eigenvalue weighted by Gasteiger charge is 2.46. The van der Waals surface area contributed by atoms with Crippen LogP contribution in [0.2, 0.25) is 0 Å². The minimum Gasteiger partial charge on any atom is -0.325 e. The van der Waals surface area contributed by atoms with Crippen LogP contribution in [0, 0.1) is 0 Å². The molecule has 14 heavy (non-hydrogen) atoms. The number of hydrogen-bond acceptors (Lipinski definition) is 2. The summed E-state index contributed by atoms with van der Waals surface area (Å²) in [7, 11) is 0. The molecule has 2 nitrogen and oxygen atoms in total. The quantitative estimate of drug-likeness (QED) is 0.789. The van der Waals surface area contributed by atoms with E-state index in [0.29, 0.717) is 6.54 Å². The lowest BCUT2D eigenvalue weighted by Gasteiger charge is -2.34. The van der Waals surface area contributed by atoms with Gasteiger partial charge >= 0.3 is 0 Å². The number of alkyl halides is 2. The van der Waals surface area contributed by atoms with E-state index in [2.05, 4.69) is 4.98 Å². The maximum Gasteiger partial charge on any atom is 0.249 e. The Hall–Kier alpha value is -1.03. The van der Waals surface area contributed by atoms with E-state index in [1.54, 1.807) is 12.1 Å². The highest BCUT2D eigenvalue weighted by atomic mass is 19.3. The molecular formula is C10H12F2N2. The van der Waals surface area contributed by atoms with E-state index in [-0.39, 0.29) is 18.8 Å². The first-order chi connectivity index (χ1) is 6.61. The Kier molecular flexibility index (Phi) is 2.23. The van der Waals surface area contributed by atoms with Gasteiger partial charge in [-0.3, -0.25) is 4.98 Å². The van der Waals surface area contributed by atoms with Gasteiger partial charge < -0.3 is 5.73 Å². The van der Waals surface area contributed by atoms with E-state index in [1.807, 2.05) is 6.07 Å². The minimum atomic E-state index is -2.48. The van der Waals surface area contributed by atoms with Gasteiger partial charge in [0.2, 0.25) is 5.92 Å². The number of nitrogens with zero attached hydrogens (tertiary/aromatic N) is 1. The Balaban J connectivity index is 2.11. The Bertz CT molecular complexity index is 331. The monoisotopic (exact) mass is 198 g/mol. The van der Waals surface area contributed by atoms with Crippen LogP contribution >= 0.6 is 0 Å². The normalized spacial score (nSPS) is 20.5. The van der Waals surface area contributed by atoms with E-state index in [9.17, 15) is 8.78 Å². The molecule has 0 aliphatic heterocycles. The molecule has 1 aliphatic rings. The van der Waals surface area contributed by atoms with Gasteiger partial charge in [-0.15, -0.1) is 0 Å². The lowest BCUT2D eigenvalue weighted by atomic mass is 9.79. The third-order valence-electron chi connectivity index (χ3n) is 2.55. The number of rotatable bonds is 2. The molecule has 76 valence electrons. The predicted molar refractivity (Wildman–Crippen MR) is 49.1 cm³/mol. The topological polar surface area (TPSA) is 38.9 Å². The van der Waals surface area contributed by atoms with Crippen molar-refractivity contribution >= 4 is 0 Å². The first-order valence-electron chi connectivity index (χ1n) is 4.64. The molecule has 1 heterocycles. The van der Waals surface area contributed by atoms with Crippen molar-refractivity contribution in [1.82, 2.24) is 4.98 Å². The van der Waals surface area contributed by atoms with Crippen LogP contribution in [0.4, 0.5) is 8.78 Å². The average Bonchev–Trinajstić information content (AvgIpc) is 2.14. The van der Waals surface area contributed by atoms with E-state index < -0.39 is 5.92 Å². The van der Waals surface area contributed by atoms with Gasteiger partial charge in [-0.05, 0) is 12.1 Å². The molecule has 0 aromatic carbocycles. The van der Waals surface area contributed by atoms with E-state index in [0.717, 1.165) is 11.4 Å². The summed E-state index contributed by atoms with van der Waals surface area (Å²) in [5, 5.41) is 0. The van der Waals surface area contributed by atoms with Crippen LogP contribution in [0.5, 0.6) is 0 Å². The SMILES string of the molecule is NCc1cccc(C2CC(F)(F)C2)n1. The van der Waals surface area contributed by atoms with E-state index >= 15 is 0 Å². The standard InChI is InChI=1S/C10H12F2N2/c11-10(12)4-7(5-10)9-3-1-2-8(6-13)14-9/h1-3,7H,4-6,13H2. The second kappa shape index (κ2) is 3.28. The number of aromatic nitrogens is 1. The molecule has 0 amide bonds. The van der Waals surface area contributed by atoms with Crippen molar-refractivity contribution in [2.24, 2.45) is 5.73 Å². The van der Waals surface area contributed by atoms with Crippen molar-refractivity contribution in [3.63, 3.8) is 0 Å². The van der Waals surface area contributed by atoms with Gasteiger partial charge in [0.15, 0.2) is 0 Å². The summed E-state index contributed by atoms with van der Waals surface area (Å²) in [5.41, 5.74) is 6.93. The van der Waals surface area contributed by atoms with Crippen LogP contribution in [0.25, 0.3) is 0 Å². The molecule has 4 heteroatoms. The Morgan fingerprint density at radius 1 is 1.43 bits per heavy atom. The summed E-state index contributed by atoms with van der Waals surface area (Å²) < 4.78 is 25.2. The lowest BCUT2D eigenvalue weighted by Crippen LogP contribution is -2.34. The zero-order valence-electron chi connectivity index (χ0n) is 7.71. The van der Waals surface area contributed by atoms with Crippen molar-refractivity contribution in [2.75, 3.05) is 0 Å². The second-order valence-corrected chi connectivity index (χ2v) is 3.72. The average molecular weight is 198 g/mol. The van der Waals surface area contributed by atoms with Crippen molar-refractivity contribution in [3.05, 3.63) is 29.6 Å². The van der Waals surface area contributed by atoms with Gasteiger partial charge in [0.1, 0.15) is 0 Å². The van der Waals surface area contributed by atoms with Crippen molar-refractivity contribution in [3.8, 4) is 0 Å². The Morgan fingerprint density at radius 2 is 2.14 bits per heavy atom. The summed E-state index contributed by atoms with van der Waals surface area (Å²) in [6.45, 7) is 0.358. The van der Waals surface area contributed by atoms with Gasteiger partial charge in [0.25, 0.3) is 0 Å². The summed E-state index contributed by atoms with van der Waals surface area (Å²) >= 11 is 0. The zero-order chi connectivity index (χ0) is 10.2. The molecule has 0 atom stereocenters. The number of hydrogen-bond donors (Lipinski definition) is 1. The van der Waals surface area contributed by atoms with E-state index in [4.69, 9.17) is 5.73 Å². The molecule has 1 saturated carbocycles. The Morgan fingerprint density at radius 3 is 2.71 bits per heavy atom. The fourth-order valence-corrected chi connectivity index (χ4v) is 1.71. The smallest absolute Gasteiger partial charge is 0.249 e. The molecule has 2 rings (SSSR count). The number of nitrogens with two attached hydrogens (primary N) is 1. The maximum absolute atomic E-state index is 12.6. The molecule has 1 aromatic heterocycles. The fourth-order valence-electron chi connectivity index (χ4n) is 1.71. The summed E-state index contributed by atoms with van der Waals surface area (Å²) in [6, 6.07) is 5.42. The van der Waals surface area contributed by atoms with Gasteiger partial charge in [-0.25, -0.2) is 8.78 Å². The van der Waals surface area contributed by atoms with Crippen LogP contribution in [0.15, 0.2) is 18.2 Å². The molecule has 0 saturated heterocycles. The third kappa shape index (κ3) is 1.75. The second-order valence-electron chi connectivity index (χ2n) is 3.72. The first-order valence-corrected chi connectivity index (χ1v) is 4.64. The molecular weight excluding hydrogens is 186 g/mol. The molecule has 1 aliphatic carbocycles. The van der Waals surface area contributed by atoms with Crippen LogP contribution in [-0.2, 0) is 6.54 Å². The van der Waals surface area contributed by atoms with Gasteiger partial charge in [0.05, 0.1) is 5.69 Å². The Labute approximate surface area is 81.1 Å². The highest BCUT2D eigenvalue weighted by Crippen LogP contribution is 2.47. The van der Waals surface area contributed by atoms with Gasteiger partial charge in [-0.1, -0.05) is 6.07 Å². The van der Waals surface area contributed by atoms with Gasteiger partial charge in [0, 0.05) is 31.0 Å². The molecule has 1 fully saturated rings. The lowest BCUT2D eigenvalue weighted by molar-refractivity contribution is -0.0876. The largest absolute Gasteiger partial charge is 0.325 e. The maximum atomic E-state index is 12.6. The van der Waals surface area contributed by atoms with Crippen molar-refractivity contribution < 1.29 is 8.78 Å². The third-order valence-corrected chi connectivity index (χ3v) is 2.55. The van der Waals surface area contributed by atoms with Gasteiger partial charge in [-0.2, -0.15) is 0 Å². The zero-order valence-corrected chi connectivity index (χ0v) is 7.71. The predicted octanol–water partition coefficient (Wildman–Crippen LogP) is 2.05. The van der Waals surface area contributed by atoms with Crippen LogP contribution in [-0.4, -0.2) is 10.9 Å². The number of halogens is 2. The van der Waals surface area contributed by atoms with Crippen LogP contribution in [0.1, 0.15) is 30.1 Å².